The molecule has 2 nitrogen and oxygen atoms in total. The predicted molar refractivity (Wildman–Crippen MR) is 103 cm³/mol. The van der Waals surface area contributed by atoms with E-state index >= 15 is 0 Å². The fraction of sp³-hybridized carbons (Fsp3) is 1.00. The van der Waals surface area contributed by atoms with Gasteiger partial charge in [0.25, 0.3) is 0 Å². The average Bonchev–Trinajstić information content (AvgIpc) is 3.20. The molecule has 2 aliphatic rings. The van der Waals surface area contributed by atoms with E-state index in [1.165, 1.54) is 70.7 Å². The SMILES string of the molecule is CC(C)N(B(C1CCCC1)C1CCCC1)C(C)C.C[N-]C.[Cl][Ti+3]. The minimum absolute atomic E-state index is 0.705. The van der Waals surface area contributed by atoms with Crippen molar-refractivity contribution in [3.63, 3.8) is 0 Å². The molecule has 0 unspecified atom stereocenters. The number of hydrogen-bond acceptors (Lipinski definition) is 1. The monoisotopic (exact) mass is 376 g/mol. The van der Waals surface area contributed by atoms with Gasteiger partial charge in [0.2, 0.25) is 6.85 Å². The zero-order chi connectivity index (χ0) is 17.8. The van der Waals surface area contributed by atoms with E-state index < -0.39 is 0 Å². The van der Waals surface area contributed by atoms with E-state index in [-0.39, 0.29) is 0 Å². The van der Waals surface area contributed by atoms with Crippen molar-refractivity contribution in [3.05, 3.63) is 5.32 Å². The van der Waals surface area contributed by atoms with Gasteiger partial charge in [0, 0.05) is 0 Å². The van der Waals surface area contributed by atoms with Crippen molar-refractivity contribution in [2.75, 3.05) is 14.1 Å². The van der Waals surface area contributed by atoms with Crippen LogP contribution in [0.1, 0.15) is 79.1 Å². The Balaban J connectivity index is 0.000000868. The van der Waals surface area contributed by atoms with E-state index in [1.807, 2.05) is 0 Å². The summed E-state index contributed by atoms with van der Waals surface area (Å²) in [7, 11) is 8.14. The fourth-order valence-electron chi connectivity index (χ4n) is 4.75. The first kappa shape index (κ1) is 24.0. The molecular weight excluding hydrogens is 338 g/mol. The Kier molecular flexibility index (Phi) is 14.8. The van der Waals surface area contributed by atoms with Gasteiger partial charge in [-0.25, -0.2) is 0 Å². The predicted octanol–water partition coefficient (Wildman–Crippen LogP) is 6.29. The molecule has 0 aromatic carbocycles. The van der Waals surface area contributed by atoms with Crippen LogP contribution in [0.4, 0.5) is 0 Å². The Labute approximate surface area is 162 Å². The average molecular weight is 377 g/mol. The maximum atomic E-state index is 4.64. The Hall–Kier alpha value is 0.989. The van der Waals surface area contributed by atoms with Gasteiger partial charge in [-0.2, -0.15) is 14.1 Å². The molecule has 0 radical (unpaired) electrons. The van der Waals surface area contributed by atoms with Gasteiger partial charge >= 0.3 is 28.7 Å². The summed E-state index contributed by atoms with van der Waals surface area (Å²) < 4.78 is 0. The summed E-state index contributed by atoms with van der Waals surface area (Å²) in [5.74, 6) is 2.00. The van der Waals surface area contributed by atoms with Crippen LogP contribution in [-0.2, 0) is 19.4 Å². The fourth-order valence-corrected chi connectivity index (χ4v) is 4.75. The summed E-state index contributed by atoms with van der Waals surface area (Å²) in [5.41, 5.74) is 0. The first-order valence-corrected chi connectivity index (χ1v) is 11.6. The van der Waals surface area contributed by atoms with Crippen molar-refractivity contribution in [2.45, 2.75) is 103 Å². The summed E-state index contributed by atoms with van der Waals surface area (Å²) in [6.45, 7) is 10.5. The Morgan fingerprint density at radius 3 is 1.30 bits per heavy atom. The quantitative estimate of drug-likeness (QED) is 0.515. The number of halogens is 1. The van der Waals surface area contributed by atoms with Crippen LogP contribution in [0.5, 0.6) is 0 Å². The normalized spacial score (nSPS) is 19.0. The van der Waals surface area contributed by atoms with Gasteiger partial charge in [-0.15, -0.1) is 0 Å². The molecule has 2 saturated carbocycles. The molecule has 0 saturated heterocycles. The number of rotatable bonds is 5. The third kappa shape index (κ3) is 8.27. The molecule has 2 fully saturated rings. The van der Waals surface area contributed by atoms with Crippen LogP contribution >= 0.6 is 9.30 Å². The third-order valence-corrected chi connectivity index (χ3v) is 5.30. The van der Waals surface area contributed by atoms with Crippen molar-refractivity contribution in [1.29, 1.82) is 0 Å². The van der Waals surface area contributed by atoms with Crippen molar-refractivity contribution >= 4 is 16.2 Å². The van der Waals surface area contributed by atoms with E-state index in [0.29, 0.717) is 12.1 Å². The first-order valence-electron chi connectivity index (χ1n) is 9.47. The van der Waals surface area contributed by atoms with Crippen molar-refractivity contribution in [2.24, 2.45) is 0 Å². The van der Waals surface area contributed by atoms with Crippen molar-refractivity contribution in [3.8, 4) is 0 Å². The molecule has 0 spiro atoms. The molecule has 2 rings (SSSR count). The van der Waals surface area contributed by atoms with E-state index in [1.54, 1.807) is 14.1 Å². The molecule has 0 aromatic heterocycles. The van der Waals surface area contributed by atoms with Gasteiger partial charge in [-0.3, -0.25) is 0 Å². The number of nitrogens with zero attached hydrogens (tertiary/aromatic N) is 2. The van der Waals surface area contributed by atoms with E-state index in [4.69, 9.17) is 0 Å². The maximum absolute atomic E-state index is 4.64. The summed E-state index contributed by atoms with van der Waals surface area (Å²) >= 11 is 1.47. The van der Waals surface area contributed by atoms with Gasteiger partial charge in [-0.1, -0.05) is 79.1 Å². The van der Waals surface area contributed by atoms with E-state index in [9.17, 15) is 0 Å². The second-order valence-electron chi connectivity index (χ2n) is 7.66. The van der Waals surface area contributed by atoms with Gasteiger partial charge in [0.1, 0.15) is 0 Å². The van der Waals surface area contributed by atoms with Crippen LogP contribution in [0.3, 0.4) is 0 Å². The molecule has 0 N–H and O–H groups in total. The molecule has 0 atom stereocenters. The van der Waals surface area contributed by atoms with Crippen molar-refractivity contribution < 1.29 is 19.4 Å². The van der Waals surface area contributed by atoms with Gasteiger partial charge < -0.3 is 10.1 Å². The third-order valence-electron chi connectivity index (χ3n) is 5.30. The first-order chi connectivity index (χ1) is 11.0. The van der Waals surface area contributed by atoms with Crippen LogP contribution < -0.4 is 0 Å². The van der Waals surface area contributed by atoms with Crippen molar-refractivity contribution in [1.82, 2.24) is 4.81 Å². The second-order valence-corrected chi connectivity index (χ2v) is 7.66. The molecule has 0 aliphatic heterocycles. The molecule has 0 bridgehead atoms. The molecule has 0 amide bonds. The molecular formula is C18H38BClN2Ti+2. The van der Waals surface area contributed by atoms with Crippen LogP contribution in [0, 0.1) is 0 Å². The molecule has 0 aromatic rings. The van der Waals surface area contributed by atoms with E-state index in [2.05, 4.69) is 47.1 Å². The standard InChI is InChI=1S/C16H32BN.C2H6N.ClH.Ti/c1-13(2)18(14(3)4)17(15-9-5-6-10-15)16-11-7-8-12-16;1-3-2;;/h13-16H,5-12H2,1-4H3;1-2H3;1H;/q;-1;;+4/p-1. The Morgan fingerprint density at radius 2 is 1.09 bits per heavy atom. The zero-order valence-electron chi connectivity index (χ0n) is 16.3. The van der Waals surface area contributed by atoms with Gasteiger partial charge in [0.15, 0.2) is 0 Å². The minimum atomic E-state index is 0.705. The molecule has 5 heteroatoms. The van der Waals surface area contributed by atoms with Gasteiger partial charge in [0.05, 0.1) is 0 Å². The van der Waals surface area contributed by atoms with Crippen LogP contribution in [-0.4, -0.2) is 37.8 Å². The Bertz CT molecular complexity index is 244. The molecule has 132 valence electrons. The topological polar surface area (TPSA) is 17.3 Å². The summed E-state index contributed by atoms with van der Waals surface area (Å²) in [6.07, 6.45) is 11.9. The van der Waals surface area contributed by atoms with Crippen LogP contribution in [0.25, 0.3) is 5.32 Å². The van der Waals surface area contributed by atoms with Crippen LogP contribution in [0.2, 0.25) is 11.6 Å². The second kappa shape index (κ2) is 14.2. The van der Waals surface area contributed by atoms with Crippen LogP contribution in [0.15, 0.2) is 0 Å². The summed E-state index contributed by atoms with van der Waals surface area (Å²) in [5, 5.41) is 3.50. The van der Waals surface area contributed by atoms with E-state index in [0.717, 1.165) is 18.5 Å². The van der Waals surface area contributed by atoms with Gasteiger partial charge in [-0.05, 0) is 23.7 Å². The molecule has 0 heterocycles. The summed E-state index contributed by atoms with van der Waals surface area (Å²) in [4.78, 5) is 2.85. The molecule has 23 heavy (non-hydrogen) atoms. The summed E-state index contributed by atoms with van der Waals surface area (Å²) in [6, 6.07) is 1.41. The zero-order valence-corrected chi connectivity index (χ0v) is 18.6. The number of hydrogen-bond donors (Lipinski definition) is 0. The Morgan fingerprint density at radius 1 is 0.826 bits per heavy atom. The molecule has 2 aliphatic carbocycles.